The Morgan fingerprint density at radius 1 is 1.19 bits per heavy atom. The van der Waals surface area contributed by atoms with Gasteiger partial charge < -0.3 is 21.7 Å². The van der Waals surface area contributed by atoms with Gasteiger partial charge in [-0.3, -0.25) is 9.59 Å². The van der Waals surface area contributed by atoms with E-state index in [2.05, 4.69) is 10.2 Å². The molecule has 27 heavy (non-hydrogen) atoms. The van der Waals surface area contributed by atoms with Crippen LogP contribution in [0, 0.1) is 11.3 Å². The van der Waals surface area contributed by atoms with Crippen LogP contribution in [0.5, 0.6) is 0 Å². The van der Waals surface area contributed by atoms with Gasteiger partial charge in [-0.15, -0.1) is 24.8 Å². The highest BCUT2D eigenvalue weighted by molar-refractivity contribution is 5.95. The van der Waals surface area contributed by atoms with E-state index in [1.54, 1.807) is 0 Å². The number of hydrogen-bond donors (Lipinski definition) is 3. The summed E-state index contributed by atoms with van der Waals surface area (Å²) >= 11 is 0. The predicted molar refractivity (Wildman–Crippen MR) is 116 cm³/mol. The summed E-state index contributed by atoms with van der Waals surface area (Å²) in [5, 5.41) is 3.02. The van der Waals surface area contributed by atoms with Crippen molar-refractivity contribution in [2.24, 2.45) is 22.8 Å². The lowest BCUT2D eigenvalue weighted by Crippen LogP contribution is -2.41. The molecule has 2 amide bonds. The van der Waals surface area contributed by atoms with Gasteiger partial charge in [0, 0.05) is 36.9 Å². The normalized spacial score (nSPS) is 14.7. The Kier molecular flexibility index (Phi) is 10.7. The molecule has 1 aromatic carbocycles. The van der Waals surface area contributed by atoms with E-state index in [1.165, 1.54) is 0 Å². The van der Waals surface area contributed by atoms with Gasteiger partial charge in [0.2, 0.25) is 11.8 Å². The molecule has 0 bridgehead atoms. The van der Waals surface area contributed by atoms with E-state index in [0.717, 1.165) is 37.3 Å². The summed E-state index contributed by atoms with van der Waals surface area (Å²) in [6, 6.07) is 7.84. The maximum Gasteiger partial charge on any atom is 0.231 e. The molecule has 0 aliphatic carbocycles. The number of halogens is 2. The van der Waals surface area contributed by atoms with Crippen LogP contribution in [-0.4, -0.2) is 31.4 Å². The zero-order chi connectivity index (χ0) is 18.4. The molecule has 1 aliphatic rings. The second-order valence-corrected chi connectivity index (χ2v) is 6.86. The molecule has 0 spiro atoms. The Morgan fingerprint density at radius 3 is 2.26 bits per heavy atom. The zero-order valence-corrected chi connectivity index (χ0v) is 17.7. The highest BCUT2D eigenvalue weighted by Gasteiger charge is 2.33. The van der Waals surface area contributed by atoms with Crippen LogP contribution in [-0.2, 0) is 9.59 Å². The maximum absolute atomic E-state index is 12.7. The number of benzene rings is 1. The Labute approximate surface area is 174 Å². The summed E-state index contributed by atoms with van der Waals surface area (Å²) in [5.41, 5.74) is 12.6. The summed E-state index contributed by atoms with van der Waals surface area (Å²) in [6.45, 7) is 5.92. The van der Waals surface area contributed by atoms with Crippen molar-refractivity contribution < 1.29 is 9.59 Å². The molecule has 1 fully saturated rings. The van der Waals surface area contributed by atoms with Crippen molar-refractivity contribution >= 4 is 48.0 Å². The van der Waals surface area contributed by atoms with Gasteiger partial charge in [-0.1, -0.05) is 19.9 Å². The molecule has 0 atom stereocenters. The quantitative estimate of drug-likeness (QED) is 0.633. The number of rotatable bonds is 7. The second-order valence-electron chi connectivity index (χ2n) is 6.86. The molecule has 1 aliphatic heterocycles. The SMILES string of the molecule is CCC(CC)(CN)C(=O)Nc1cccc(N2CCC(C(N)=O)CC2)c1.Cl.Cl. The van der Waals surface area contributed by atoms with E-state index in [9.17, 15) is 9.59 Å². The van der Waals surface area contributed by atoms with Crippen LogP contribution in [0.25, 0.3) is 0 Å². The Bertz CT molecular complexity index is 607. The van der Waals surface area contributed by atoms with E-state index in [-0.39, 0.29) is 42.5 Å². The number of carbonyl (C=O) groups excluding carboxylic acids is 2. The van der Waals surface area contributed by atoms with E-state index in [4.69, 9.17) is 11.5 Å². The molecule has 6 nitrogen and oxygen atoms in total. The van der Waals surface area contributed by atoms with Crippen molar-refractivity contribution in [3.05, 3.63) is 24.3 Å². The number of primary amides is 1. The van der Waals surface area contributed by atoms with Gasteiger partial charge in [0.15, 0.2) is 0 Å². The van der Waals surface area contributed by atoms with Gasteiger partial charge in [0.05, 0.1) is 5.41 Å². The van der Waals surface area contributed by atoms with Crippen molar-refractivity contribution in [2.45, 2.75) is 39.5 Å². The Hall–Kier alpha value is -1.50. The first-order valence-corrected chi connectivity index (χ1v) is 9.11. The van der Waals surface area contributed by atoms with Crippen LogP contribution < -0.4 is 21.7 Å². The highest BCUT2D eigenvalue weighted by Crippen LogP contribution is 2.29. The number of amides is 2. The van der Waals surface area contributed by atoms with Crippen molar-refractivity contribution in [3.63, 3.8) is 0 Å². The smallest absolute Gasteiger partial charge is 0.231 e. The average Bonchev–Trinajstić information content (AvgIpc) is 2.64. The van der Waals surface area contributed by atoms with Crippen LogP contribution in [0.1, 0.15) is 39.5 Å². The molecule has 154 valence electrons. The van der Waals surface area contributed by atoms with Crippen molar-refractivity contribution in [2.75, 3.05) is 29.9 Å². The zero-order valence-electron chi connectivity index (χ0n) is 16.1. The first kappa shape index (κ1) is 25.5. The maximum atomic E-state index is 12.7. The minimum Gasteiger partial charge on any atom is -0.371 e. The Balaban J connectivity index is 0.00000338. The van der Waals surface area contributed by atoms with Crippen molar-refractivity contribution in [1.82, 2.24) is 0 Å². The topological polar surface area (TPSA) is 101 Å². The number of nitrogens with two attached hydrogens (primary N) is 2. The van der Waals surface area contributed by atoms with Gasteiger partial charge in [0.1, 0.15) is 0 Å². The molecule has 2 rings (SSSR count). The number of anilines is 2. The molecule has 5 N–H and O–H groups in total. The fourth-order valence-electron chi connectivity index (χ4n) is 3.42. The summed E-state index contributed by atoms with van der Waals surface area (Å²) in [7, 11) is 0. The number of piperidine rings is 1. The molecule has 0 unspecified atom stereocenters. The second kappa shape index (κ2) is 11.4. The molecule has 1 aromatic rings. The van der Waals surface area contributed by atoms with E-state index >= 15 is 0 Å². The first-order valence-electron chi connectivity index (χ1n) is 9.11. The number of nitrogens with one attached hydrogen (secondary N) is 1. The minimum atomic E-state index is -0.518. The molecule has 8 heteroatoms. The van der Waals surface area contributed by atoms with Gasteiger partial charge in [-0.05, 0) is 43.9 Å². The summed E-state index contributed by atoms with van der Waals surface area (Å²) in [5.74, 6) is -0.263. The highest BCUT2D eigenvalue weighted by atomic mass is 35.5. The van der Waals surface area contributed by atoms with Crippen LogP contribution in [0.15, 0.2) is 24.3 Å². The molecule has 0 aromatic heterocycles. The van der Waals surface area contributed by atoms with Crippen LogP contribution >= 0.6 is 24.8 Å². The lowest BCUT2D eigenvalue weighted by atomic mass is 9.81. The van der Waals surface area contributed by atoms with E-state index in [0.29, 0.717) is 19.4 Å². The average molecular weight is 419 g/mol. The minimum absolute atomic E-state index is 0. The molecule has 1 saturated heterocycles. The molecule has 0 saturated carbocycles. The number of hydrogen-bond acceptors (Lipinski definition) is 4. The van der Waals surface area contributed by atoms with Gasteiger partial charge >= 0.3 is 0 Å². The largest absolute Gasteiger partial charge is 0.371 e. The van der Waals surface area contributed by atoms with E-state index < -0.39 is 5.41 Å². The molecular formula is C19H32Cl2N4O2. The number of nitrogens with zero attached hydrogens (tertiary/aromatic N) is 1. The predicted octanol–water partition coefficient (Wildman–Crippen LogP) is 2.94. The fraction of sp³-hybridized carbons (Fsp3) is 0.579. The van der Waals surface area contributed by atoms with Crippen LogP contribution in [0.4, 0.5) is 11.4 Å². The van der Waals surface area contributed by atoms with Gasteiger partial charge in [-0.2, -0.15) is 0 Å². The van der Waals surface area contributed by atoms with Gasteiger partial charge in [0.25, 0.3) is 0 Å². The third kappa shape index (κ3) is 5.99. The molecular weight excluding hydrogens is 387 g/mol. The van der Waals surface area contributed by atoms with E-state index in [1.807, 2.05) is 38.1 Å². The fourth-order valence-corrected chi connectivity index (χ4v) is 3.42. The lowest BCUT2D eigenvalue weighted by molar-refractivity contribution is -0.125. The number of carbonyl (C=O) groups is 2. The molecule has 0 radical (unpaired) electrons. The lowest BCUT2D eigenvalue weighted by Gasteiger charge is -2.33. The summed E-state index contributed by atoms with van der Waals surface area (Å²) < 4.78 is 0. The van der Waals surface area contributed by atoms with Crippen molar-refractivity contribution in [1.29, 1.82) is 0 Å². The third-order valence-electron chi connectivity index (χ3n) is 5.59. The van der Waals surface area contributed by atoms with Crippen LogP contribution in [0.2, 0.25) is 0 Å². The first-order chi connectivity index (χ1) is 12.0. The molecule has 1 heterocycles. The summed E-state index contributed by atoms with van der Waals surface area (Å²) in [4.78, 5) is 26.2. The summed E-state index contributed by atoms with van der Waals surface area (Å²) in [6.07, 6.45) is 2.97. The van der Waals surface area contributed by atoms with Crippen molar-refractivity contribution in [3.8, 4) is 0 Å². The monoisotopic (exact) mass is 418 g/mol. The standard InChI is InChI=1S/C19H30N4O2.2ClH/c1-3-19(4-2,13-20)18(25)22-15-6-5-7-16(12-15)23-10-8-14(9-11-23)17(21)24;;/h5-7,12,14H,3-4,8-11,13,20H2,1-2H3,(H2,21,24)(H,22,25);2*1H. The van der Waals surface area contributed by atoms with Gasteiger partial charge in [-0.25, -0.2) is 0 Å². The van der Waals surface area contributed by atoms with Crippen LogP contribution in [0.3, 0.4) is 0 Å². The third-order valence-corrected chi connectivity index (χ3v) is 5.59. The Morgan fingerprint density at radius 2 is 1.78 bits per heavy atom.